The number of nitrogens with one attached hydrogen (secondary N) is 1. The van der Waals surface area contributed by atoms with Crippen LogP contribution in [-0.2, 0) is 4.79 Å². The number of alkyl halides is 2. The van der Waals surface area contributed by atoms with Crippen LogP contribution in [0.4, 0.5) is 8.78 Å². The number of ether oxygens (including phenoxy) is 1. The van der Waals surface area contributed by atoms with Crippen LogP contribution in [0.5, 0.6) is 5.75 Å². The van der Waals surface area contributed by atoms with Crippen molar-refractivity contribution >= 4 is 5.91 Å². The van der Waals surface area contributed by atoms with Gasteiger partial charge in [-0.15, -0.1) is 0 Å². The average Bonchev–Trinajstić information content (AvgIpc) is 2.34. The highest BCUT2D eigenvalue weighted by molar-refractivity contribution is 5.80. The molecule has 0 saturated carbocycles. The van der Waals surface area contributed by atoms with Gasteiger partial charge >= 0.3 is 6.61 Å². The zero-order valence-electron chi connectivity index (χ0n) is 11.8. The van der Waals surface area contributed by atoms with Crippen LogP contribution in [-0.4, -0.2) is 18.6 Å². The van der Waals surface area contributed by atoms with Gasteiger partial charge in [0.15, 0.2) is 0 Å². The van der Waals surface area contributed by atoms with E-state index < -0.39 is 18.6 Å². The summed E-state index contributed by atoms with van der Waals surface area (Å²) in [4.78, 5) is 11.4. The molecule has 2 atom stereocenters. The Bertz CT molecular complexity index is 453. The maximum atomic E-state index is 12.4. The van der Waals surface area contributed by atoms with Gasteiger partial charge in [-0.3, -0.25) is 10.1 Å². The fourth-order valence-corrected chi connectivity index (χ4v) is 2.00. The van der Waals surface area contributed by atoms with Crippen LogP contribution in [0.25, 0.3) is 0 Å². The van der Waals surface area contributed by atoms with Gasteiger partial charge in [-0.25, -0.2) is 0 Å². The fraction of sp³-hybridized carbons (Fsp3) is 0.500. The molecule has 0 aliphatic carbocycles. The van der Waals surface area contributed by atoms with Gasteiger partial charge in [-0.1, -0.05) is 32.0 Å². The molecule has 0 heterocycles. The molecule has 6 heteroatoms. The molecular formula is C14H20F2N2O2. The first-order valence-corrected chi connectivity index (χ1v) is 6.42. The van der Waals surface area contributed by atoms with Gasteiger partial charge in [0.25, 0.3) is 0 Å². The first kappa shape index (κ1) is 16.4. The lowest BCUT2D eigenvalue weighted by Gasteiger charge is -2.25. The third-order valence-corrected chi connectivity index (χ3v) is 3.00. The molecular weight excluding hydrogens is 266 g/mol. The van der Waals surface area contributed by atoms with Crippen molar-refractivity contribution in [1.29, 1.82) is 0 Å². The summed E-state index contributed by atoms with van der Waals surface area (Å²) < 4.78 is 29.2. The highest BCUT2D eigenvalue weighted by atomic mass is 19.3. The first-order chi connectivity index (χ1) is 9.32. The Morgan fingerprint density at radius 2 is 1.85 bits per heavy atom. The predicted octanol–water partition coefficient (Wildman–Crippen LogP) is 2.45. The minimum absolute atomic E-state index is 0.00173. The fourth-order valence-electron chi connectivity index (χ4n) is 2.00. The number of amides is 1. The van der Waals surface area contributed by atoms with Crippen LogP contribution >= 0.6 is 0 Å². The Balaban J connectivity index is 2.91. The van der Waals surface area contributed by atoms with Crippen LogP contribution in [0, 0.1) is 5.92 Å². The normalized spacial score (nSPS) is 14.3. The van der Waals surface area contributed by atoms with Crippen molar-refractivity contribution in [2.45, 2.75) is 39.5 Å². The smallest absolute Gasteiger partial charge is 0.387 e. The molecule has 3 N–H and O–H groups in total. The maximum absolute atomic E-state index is 12.4. The van der Waals surface area contributed by atoms with Gasteiger partial charge in [-0.05, 0) is 18.9 Å². The number of halogens is 2. The number of para-hydroxylation sites is 1. The number of benzene rings is 1. The van der Waals surface area contributed by atoms with E-state index in [2.05, 4.69) is 10.1 Å². The first-order valence-electron chi connectivity index (χ1n) is 6.42. The minimum atomic E-state index is -2.89. The Morgan fingerprint density at radius 3 is 2.35 bits per heavy atom. The van der Waals surface area contributed by atoms with E-state index in [0.29, 0.717) is 5.56 Å². The molecule has 0 fully saturated rings. The third kappa shape index (κ3) is 4.45. The Kier molecular flexibility index (Phi) is 5.88. The van der Waals surface area contributed by atoms with Crippen LogP contribution < -0.4 is 15.8 Å². The molecule has 0 aliphatic heterocycles. The second-order valence-electron chi connectivity index (χ2n) is 4.93. The SMILES string of the molecule is CC(NC(C(N)=O)C(C)C)c1ccccc1OC(F)F. The topological polar surface area (TPSA) is 64.3 Å². The summed E-state index contributed by atoms with van der Waals surface area (Å²) in [5.74, 6) is -0.383. The third-order valence-electron chi connectivity index (χ3n) is 3.00. The number of rotatable bonds is 7. The largest absolute Gasteiger partial charge is 0.434 e. The summed E-state index contributed by atoms with van der Waals surface area (Å²) in [6.07, 6.45) is 0. The molecule has 4 nitrogen and oxygen atoms in total. The van der Waals surface area contributed by atoms with E-state index in [-0.39, 0.29) is 17.7 Å². The van der Waals surface area contributed by atoms with Crippen LogP contribution in [0.15, 0.2) is 24.3 Å². The predicted molar refractivity (Wildman–Crippen MR) is 72.4 cm³/mol. The van der Waals surface area contributed by atoms with Gasteiger partial charge in [0.2, 0.25) is 5.91 Å². The number of nitrogens with two attached hydrogens (primary N) is 1. The molecule has 1 rings (SSSR count). The van der Waals surface area contributed by atoms with Crippen molar-refractivity contribution in [3.8, 4) is 5.75 Å². The molecule has 20 heavy (non-hydrogen) atoms. The quantitative estimate of drug-likeness (QED) is 0.809. The number of primary amides is 1. The second-order valence-corrected chi connectivity index (χ2v) is 4.93. The minimum Gasteiger partial charge on any atom is -0.434 e. The van der Waals surface area contributed by atoms with Gasteiger partial charge in [0.1, 0.15) is 5.75 Å². The van der Waals surface area contributed by atoms with E-state index in [1.165, 1.54) is 6.07 Å². The maximum Gasteiger partial charge on any atom is 0.387 e. The molecule has 0 aromatic heterocycles. The molecule has 1 aromatic rings. The number of hydrogen-bond acceptors (Lipinski definition) is 3. The molecule has 0 spiro atoms. The van der Waals surface area contributed by atoms with Crippen molar-refractivity contribution in [2.24, 2.45) is 11.7 Å². The van der Waals surface area contributed by atoms with E-state index in [1.54, 1.807) is 25.1 Å². The van der Waals surface area contributed by atoms with Crippen molar-refractivity contribution in [3.63, 3.8) is 0 Å². The van der Waals surface area contributed by atoms with Gasteiger partial charge in [-0.2, -0.15) is 8.78 Å². The van der Waals surface area contributed by atoms with Crippen molar-refractivity contribution in [3.05, 3.63) is 29.8 Å². The number of hydrogen-bond donors (Lipinski definition) is 2. The molecule has 1 aromatic carbocycles. The summed E-state index contributed by atoms with van der Waals surface area (Å²) >= 11 is 0. The van der Waals surface area contributed by atoms with Gasteiger partial charge in [0, 0.05) is 11.6 Å². The molecule has 0 saturated heterocycles. The van der Waals surface area contributed by atoms with Gasteiger partial charge in [0.05, 0.1) is 6.04 Å². The standard InChI is InChI=1S/C14H20F2N2O2/c1-8(2)12(13(17)19)18-9(3)10-6-4-5-7-11(10)20-14(15)16/h4-9,12,14,18H,1-3H3,(H2,17,19). The summed E-state index contributed by atoms with van der Waals surface area (Å²) in [6, 6.07) is 5.60. The molecule has 0 bridgehead atoms. The lowest BCUT2D eigenvalue weighted by atomic mass is 10.00. The van der Waals surface area contributed by atoms with Crippen molar-refractivity contribution < 1.29 is 18.3 Å². The summed E-state index contributed by atoms with van der Waals surface area (Å²) in [5.41, 5.74) is 5.89. The monoisotopic (exact) mass is 286 g/mol. The van der Waals surface area contributed by atoms with Crippen LogP contribution in [0.3, 0.4) is 0 Å². The molecule has 0 aliphatic rings. The highest BCUT2D eigenvalue weighted by Gasteiger charge is 2.23. The Morgan fingerprint density at radius 1 is 1.25 bits per heavy atom. The van der Waals surface area contributed by atoms with Crippen LogP contribution in [0.2, 0.25) is 0 Å². The molecule has 112 valence electrons. The lowest BCUT2D eigenvalue weighted by molar-refractivity contribution is -0.121. The molecule has 0 radical (unpaired) electrons. The van der Waals surface area contributed by atoms with E-state index >= 15 is 0 Å². The van der Waals surface area contributed by atoms with Crippen molar-refractivity contribution in [1.82, 2.24) is 5.32 Å². The Hall–Kier alpha value is -1.69. The summed E-state index contributed by atoms with van der Waals surface area (Å²) in [7, 11) is 0. The van der Waals surface area contributed by atoms with E-state index in [1.807, 2.05) is 13.8 Å². The van der Waals surface area contributed by atoms with E-state index in [9.17, 15) is 13.6 Å². The average molecular weight is 286 g/mol. The highest BCUT2D eigenvalue weighted by Crippen LogP contribution is 2.27. The van der Waals surface area contributed by atoms with Crippen LogP contribution in [0.1, 0.15) is 32.4 Å². The lowest BCUT2D eigenvalue weighted by Crippen LogP contribution is -2.46. The molecule has 1 amide bonds. The Labute approximate surface area is 117 Å². The van der Waals surface area contributed by atoms with E-state index in [0.717, 1.165) is 0 Å². The summed E-state index contributed by atoms with van der Waals surface area (Å²) in [5, 5.41) is 3.05. The number of carbonyl (C=O) groups excluding carboxylic acids is 1. The van der Waals surface area contributed by atoms with Crippen molar-refractivity contribution in [2.75, 3.05) is 0 Å². The molecule has 2 unspecified atom stereocenters. The number of carbonyl (C=O) groups is 1. The van der Waals surface area contributed by atoms with E-state index in [4.69, 9.17) is 5.73 Å². The second kappa shape index (κ2) is 7.19. The summed E-state index contributed by atoms with van der Waals surface area (Å²) in [6.45, 7) is 2.60. The van der Waals surface area contributed by atoms with Gasteiger partial charge < -0.3 is 10.5 Å². The zero-order chi connectivity index (χ0) is 15.3. The zero-order valence-corrected chi connectivity index (χ0v) is 11.8.